The zero-order valence-electron chi connectivity index (χ0n) is 10.6. The molecule has 0 aromatic carbocycles. The number of hydrogen-bond donors (Lipinski definition) is 2. The molecule has 0 amide bonds. The Morgan fingerprint density at radius 2 is 2.11 bits per heavy atom. The molecule has 1 atom stereocenters. The zero-order chi connectivity index (χ0) is 13.6. The SMILES string of the molecule is CCC(C(N)=S)S(=O)(=O)NCCN1CCSCC1. The minimum absolute atomic E-state index is 0.0411. The molecule has 1 aliphatic heterocycles. The van der Waals surface area contributed by atoms with Crippen molar-refractivity contribution < 1.29 is 8.42 Å². The molecular weight excluding hydrogens is 290 g/mol. The number of hydrogen-bond acceptors (Lipinski definition) is 5. The van der Waals surface area contributed by atoms with Crippen molar-refractivity contribution in [2.45, 2.75) is 18.6 Å². The largest absolute Gasteiger partial charge is 0.392 e. The standard InChI is InChI=1S/C10H21N3O2S3/c1-2-9(10(11)16)18(14,15)12-3-4-13-5-7-17-8-6-13/h9,12H,2-8H2,1H3,(H2,11,16). The fourth-order valence-electron chi connectivity index (χ4n) is 1.84. The van der Waals surface area contributed by atoms with E-state index in [9.17, 15) is 8.42 Å². The van der Waals surface area contributed by atoms with Gasteiger partial charge in [-0.2, -0.15) is 11.8 Å². The molecule has 1 heterocycles. The van der Waals surface area contributed by atoms with Gasteiger partial charge in [0.2, 0.25) is 10.0 Å². The molecule has 0 radical (unpaired) electrons. The third kappa shape index (κ3) is 5.00. The van der Waals surface area contributed by atoms with Gasteiger partial charge in [-0.1, -0.05) is 19.1 Å². The maximum atomic E-state index is 11.9. The van der Waals surface area contributed by atoms with Gasteiger partial charge in [-0.25, -0.2) is 13.1 Å². The second-order valence-electron chi connectivity index (χ2n) is 4.19. The van der Waals surface area contributed by atoms with Crippen LogP contribution < -0.4 is 10.5 Å². The Labute approximate surface area is 119 Å². The highest BCUT2D eigenvalue weighted by molar-refractivity contribution is 7.99. The molecule has 1 fully saturated rings. The topological polar surface area (TPSA) is 75.4 Å². The van der Waals surface area contributed by atoms with Crippen molar-refractivity contribution in [3.8, 4) is 0 Å². The highest BCUT2D eigenvalue weighted by atomic mass is 32.2. The van der Waals surface area contributed by atoms with Crippen LogP contribution in [0.2, 0.25) is 0 Å². The molecule has 1 saturated heterocycles. The third-order valence-electron chi connectivity index (χ3n) is 2.90. The summed E-state index contributed by atoms with van der Waals surface area (Å²) in [5.41, 5.74) is 5.45. The molecule has 1 aliphatic rings. The van der Waals surface area contributed by atoms with Gasteiger partial charge in [0.1, 0.15) is 5.25 Å². The maximum absolute atomic E-state index is 11.9. The Kier molecular flexibility index (Phi) is 6.86. The monoisotopic (exact) mass is 311 g/mol. The van der Waals surface area contributed by atoms with Gasteiger partial charge in [0.25, 0.3) is 0 Å². The van der Waals surface area contributed by atoms with E-state index >= 15 is 0 Å². The van der Waals surface area contributed by atoms with Crippen molar-refractivity contribution in [1.82, 2.24) is 9.62 Å². The first-order chi connectivity index (χ1) is 8.47. The zero-order valence-corrected chi connectivity index (χ0v) is 13.0. The molecule has 0 aliphatic carbocycles. The Hall–Kier alpha value is 0.110. The maximum Gasteiger partial charge on any atom is 0.221 e. The molecule has 5 nitrogen and oxygen atoms in total. The summed E-state index contributed by atoms with van der Waals surface area (Å²) in [5.74, 6) is 2.24. The average Bonchev–Trinajstić information content (AvgIpc) is 2.30. The second kappa shape index (κ2) is 7.64. The molecular formula is C10H21N3O2S3. The summed E-state index contributed by atoms with van der Waals surface area (Å²) >= 11 is 6.72. The smallest absolute Gasteiger partial charge is 0.221 e. The summed E-state index contributed by atoms with van der Waals surface area (Å²) in [7, 11) is -3.42. The average molecular weight is 311 g/mol. The molecule has 3 N–H and O–H groups in total. The lowest BCUT2D eigenvalue weighted by molar-refractivity contribution is 0.307. The quantitative estimate of drug-likeness (QED) is 0.646. The van der Waals surface area contributed by atoms with Crippen molar-refractivity contribution in [3.05, 3.63) is 0 Å². The lowest BCUT2D eigenvalue weighted by Gasteiger charge is -2.26. The van der Waals surface area contributed by atoms with Crippen molar-refractivity contribution in [2.24, 2.45) is 5.73 Å². The normalized spacial score (nSPS) is 19.6. The third-order valence-corrected chi connectivity index (χ3v) is 6.22. The van der Waals surface area contributed by atoms with E-state index < -0.39 is 15.3 Å². The van der Waals surface area contributed by atoms with Gasteiger partial charge in [-0.05, 0) is 6.42 Å². The number of thiocarbonyl (C=S) groups is 1. The second-order valence-corrected chi connectivity index (χ2v) is 7.84. The molecule has 1 rings (SSSR count). The van der Waals surface area contributed by atoms with Crippen LogP contribution in [-0.4, -0.2) is 61.2 Å². The first-order valence-electron chi connectivity index (χ1n) is 6.05. The van der Waals surface area contributed by atoms with Crippen LogP contribution in [-0.2, 0) is 10.0 Å². The Balaban J connectivity index is 2.38. The fraction of sp³-hybridized carbons (Fsp3) is 0.900. The van der Waals surface area contributed by atoms with Crippen molar-refractivity contribution >= 4 is 39.0 Å². The van der Waals surface area contributed by atoms with Crippen LogP contribution in [0, 0.1) is 0 Å². The van der Waals surface area contributed by atoms with E-state index in [1.54, 1.807) is 6.92 Å². The van der Waals surface area contributed by atoms with Gasteiger partial charge in [0.15, 0.2) is 0 Å². The van der Waals surface area contributed by atoms with Crippen molar-refractivity contribution in [3.63, 3.8) is 0 Å². The number of nitrogens with one attached hydrogen (secondary N) is 1. The molecule has 0 saturated carbocycles. The van der Waals surface area contributed by atoms with Crippen LogP contribution in [0.1, 0.15) is 13.3 Å². The Morgan fingerprint density at radius 1 is 1.50 bits per heavy atom. The van der Waals surface area contributed by atoms with E-state index in [2.05, 4.69) is 9.62 Å². The van der Waals surface area contributed by atoms with Crippen molar-refractivity contribution in [1.29, 1.82) is 0 Å². The molecule has 106 valence electrons. The molecule has 0 aromatic heterocycles. The van der Waals surface area contributed by atoms with Gasteiger partial charge in [0.05, 0.1) is 4.99 Å². The minimum atomic E-state index is -3.42. The summed E-state index contributed by atoms with van der Waals surface area (Å²) in [6.45, 7) is 4.99. The van der Waals surface area contributed by atoms with Gasteiger partial charge in [0, 0.05) is 37.7 Å². The Bertz CT molecular complexity index is 367. The number of nitrogens with two attached hydrogens (primary N) is 1. The van der Waals surface area contributed by atoms with E-state index in [-0.39, 0.29) is 4.99 Å². The summed E-state index contributed by atoms with van der Waals surface area (Å²) < 4.78 is 26.5. The van der Waals surface area contributed by atoms with E-state index in [0.29, 0.717) is 13.0 Å². The molecule has 0 aromatic rings. The van der Waals surface area contributed by atoms with Gasteiger partial charge in [-0.15, -0.1) is 0 Å². The number of rotatable bonds is 7. The van der Waals surface area contributed by atoms with E-state index in [1.165, 1.54) is 0 Å². The van der Waals surface area contributed by atoms with Gasteiger partial charge >= 0.3 is 0 Å². The van der Waals surface area contributed by atoms with Crippen LogP contribution in [0.5, 0.6) is 0 Å². The minimum Gasteiger partial charge on any atom is -0.392 e. The summed E-state index contributed by atoms with van der Waals surface area (Å²) in [6, 6.07) is 0. The lowest BCUT2D eigenvalue weighted by Crippen LogP contribution is -2.45. The number of nitrogens with zero attached hydrogens (tertiary/aromatic N) is 1. The molecule has 8 heteroatoms. The van der Waals surface area contributed by atoms with Crippen LogP contribution in [0.4, 0.5) is 0 Å². The van der Waals surface area contributed by atoms with Crippen molar-refractivity contribution in [2.75, 3.05) is 37.7 Å². The highest BCUT2D eigenvalue weighted by Gasteiger charge is 2.25. The number of sulfonamides is 1. The van der Waals surface area contributed by atoms with E-state index in [4.69, 9.17) is 18.0 Å². The van der Waals surface area contributed by atoms with E-state index in [1.807, 2.05) is 11.8 Å². The van der Waals surface area contributed by atoms with E-state index in [0.717, 1.165) is 31.1 Å². The van der Waals surface area contributed by atoms with Gasteiger partial charge < -0.3 is 10.6 Å². The summed E-state index contributed by atoms with van der Waals surface area (Å²) in [5, 5.41) is -0.760. The predicted molar refractivity (Wildman–Crippen MR) is 81.6 cm³/mol. The van der Waals surface area contributed by atoms with Crippen LogP contribution in [0.25, 0.3) is 0 Å². The summed E-state index contributed by atoms with van der Waals surface area (Å²) in [6.07, 6.45) is 0.408. The highest BCUT2D eigenvalue weighted by Crippen LogP contribution is 2.08. The molecule has 0 bridgehead atoms. The molecule has 1 unspecified atom stereocenters. The predicted octanol–water partition coefficient (Wildman–Crippen LogP) is 0.0193. The fourth-order valence-corrected chi connectivity index (χ4v) is 4.69. The van der Waals surface area contributed by atoms with Crippen LogP contribution >= 0.6 is 24.0 Å². The summed E-state index contributed by atoms with van der Waals surface area (Å²) in [4.78, 5) is 2.31. The Morgan fingerprint density at radius 3 is 2.61 bits per heavy atom. The number of thioether (sulfide) groups is 1. The molecule has 18 heavy (non-hydrogen) atoms. The first-order valence-corrected chi connectivity index (χ1v) is 9.16. The molecule has 0 spiro atoms. The van der Waals surface area contributed by atoms with Crippen LogP contribution in [0.15, 0.2) is 0 Å². The van der Waals surface area contributed by atoms with Gasteiger partial charge in [-0.3, -0.25) is 0 Å². The van der Waals surface area contributed by atoms with Crippen LogP contribution in [0.3, 0.4) is 0 Å². The first kappa shape index (κ1) is 16.2. The lowest BCUT2D eigenvalue weighted by atomic mass is 10.3.